The van der Waals surface area contributed by atoms with Gasteiger partial charge in [0.05, 0.1) is 67.3 Å². The Balaban J connectivity index is 1.01. The van der Waals surface area contributed by atoms with E-state index in [4.69, 9.17) is 29.9 Å². The van der Waals surface area contributed by atoms with Crippen molar-refractivity contribution in [2.45, 2.75) is 0 Å². The van der Waals surface area contributed by atoms with E-state index in [1.54, 1.807) is 0 Å². The number of pyridine rings is 6. The van der Waals surface area contributed by atoms with Gasteiger partial charge in [-0.3, -0.25) is 28.7 Å². The molecule has 0 radical (unpaired) electrons. The third-order valence-electron chi connectivity index (χ3n) is 15.6. The highest BCUT2D eigenvalue weighted by molar-refractivity contribution is 6.17. The number of benzene rings is 7. The first kappa shape index (κ1) is 46.0. The summed E-state index contributed by atoms with van der Waals surface area (Å²) in [6.07, 6.45) is 5.45. The predicted molar refractivity (Wildman–Crippen MR) is 329 cm³/mol. The molecule has 0 bridgehead atoms. The topological polar surface area (TPSA) is 92.1 Å². The molecule has 0 N–H and O–H groups in total. The number of nitrogens with zero attached hydrogens (tertiary/aromatic N) is 9. The van der Waals surface area contributed by atoms with Gasteiger partial charge in [-0.15, -0.1) is 0 Å². The highest BCUT2D eigenvalue weighted by atomic mass is 15.1. The summed E-state index contributed by atoms with van der Waals surface area (Å²) in [7, 11) is 0. The summed E-state index contributed by atoms with van der Waals surface area (Å²) in [6.45, 7) is 0. The molecule has 0 fully saturated rings. The molecule has 9 heteroatoms. The van der Waals surface area contributed by atoms with Gasteiger partial charge in [0.25, 0.3) is 0 Å². The van der Waals surface area contributed by atoms with Gasteiger partial charge in [0.15, 0.2) is 0 Å². The quantitative estimate of drug-likeness (QED) is 0.143. The van der Waals surface area contributed by atoms with Crippen LogP contribution in [0.25, 0.3) is 150 Å². The van der Waals surface area contributed by atoms with Crippen LogP contribution in [-0.2, 0) is 0 Å². The van der Waals surface area contributed by atoms with Gasteiger partial charge in [-0.25, -0.2) is 15.0 Å². The van der Waals surface area contributed by atoms with Crippen LogP contribution >= 0.6 is 0 Å². The van der Waals surface area contributed by atoms with Gasteiger partial charge in [0.2, 0.25) is 0 Å². The summed E-state index contributed by atoms with van der Waals surface area (Å²) in [5.41, 5.74) is 17.5. The van der Waals surface area contributed by atoms with E-state index in [0.29, 0.717) is 0 Å². The van der Waals surface area contributed by atoms with Gasteiger partial charge in [-0.05, 0) is 126 Å². The van der Waals surface area contributed by atoms with Crippen molar-refractivity contribution in [1.82, 2.24) is 43.6 Å². The van der Waals surface area contributed by atoms with E-state index in [0.717, 1.165) is 150 Å². The molecule has 0 atom stereocenters. The monoisotopic (exact) mass is 1040 g/mol. The molecule has 81 heavy (non-hydrogen) atoms. The zero-order valence-electron chi connectivity index (χ0n) is 43.5. The van der Waals surface area contributed by atoms with Crippen molar-refractivity contribution in [3.05, 3.63) is 273 Å². The largest absolute Gasteiger partial charge is 0.293 e. The Bertz CT molecular complexity index is 4600. The second-order valence-corrected chi connectivity index (χ2v) is 20.2. The molecular weight excluding hydrogens is 991 g/mol. The van der Waals surface area contributed by atoms with Crippen molar-refractivity contribution in [2.24, 2.45) is 0 Å². The van der Waals surface area contributed by atoms with E-state index < -0.39 is 0 Å². The molecule has 0 spiro atoms. The lowest BCUT2D eigenvalue weighted by atomic mass is 9.91. The fourth-order valence-electron chi connectivity index (χ4n) is 12.2. The first-order valence-electron chi connectivity index (χ1n) is 27.1. The maximum Gasteiger partial charge on any atom is 0.138 e. The molecule has 0 unspecified atom stereocenters. The minimum atomic E-state index is 0.799. The number of hydrogen-bond donors (Lipinski definition) is 0. The summed E-state index contributed by atoms with van der Waals surface area (Å²) >= 11 is 0. The van der Waals surface area contributed by atoms with Crippen molar-refractivity contribution < 1.29 is 0 Å². The molecule has 0 saturated heterocycles. The van der Waals surface area contributed by atoms with E-state index in [2.05, 4.69) is 196 Å². The molecule has 16 rings (SSSR count). The molecule has 9 nitrogen and oxygen atoms in total. The van der Waals surface area contributed by atoms with Crippen molar-refractivity contribution >= 4 is 65.4 Å². The average molecular weight is 1040 g/mol. The van der Waals surface area contributed by atoms with Gasteiger partial charge < -0.3 is 0 Å². The van der Waals surface area contributed by atoms with Crippen LogP contribution in [-0.4, -0.2) is 43.6 Å². The highest BCUT2D eigenvalue weighted by Gasteiger charge is 2.24. The molecule has 9 heterocycles. The fraction of sp³-hybridized carbons (Fsp3) is 0. The lowest BCUT2D eigenvalue weighted by molar-refractivity contribution is 1.08. The van der Waals surface area contributed by atoms with Gasteiger partial charge >= 0.3 is 0 Å². The number of aromatic nitrogens is 9. The molecule has 9 aromatic heterocycles. The molecule has 7 aromatic carbocycles. The summed E-state index contributed by atoms with van der Waals surface area (Å²) in [5, 5.41) is 6.80. The van der Waals surface area contributed by atoms with Crippen LogP contribution in [0.4, 0.5) is 0 Å². The third-order valence-corrected chi connectivity index (χ3v) is 15.6. The summed E-state index contributed by atoms with van der Waals surface area (Å²) in [6, 6.07) is 89.6. The first-order chi connectivity index (χ1) is 40.2. The Hall–Kier alpha value is -11.2. The van der Waals surface area contributed by atoms with Crippen LogP contribution in [0.3, 0.4) is 0 Å². The standard InChI is InChI=1S/C72H45N9/c1-4-34-64-52(19-1)55-25-13-22-49(70(55)79(64)67-37-16-31-61(76-67)58-28-7-10-40-73-58)46-43-47(50-23-14-26-56-53-20-2-5-35-65(53)80(71(50)56)68-38-17-32-62(77-68)59-29-8-11-41-74-59)45-48(44-46)51-24-15-27-57-54-21-3-6-36-66(54)81(72(51)57)69-39-18-33-63(78-69)60-30-9-12-42-75-60/h1-45H. The summed E-state index contributed by atoms with van der Waals surface area (Å²) < 4.78 is 6.99. The molecular formula is C72H45N9. The molecule has 16 aromatic rings. The van der Waals surface area contributed by atoms with Crippen LogP contribution in [0.2, 0.25) is 0 Å². The maximum atomic E-state index is 5.36. The van der Waals surface area contributed by atoms with Crippen molar-refractivity contribution in [3.63, 3.8) is 0 Å². The number of para-hydroxylation sites is 6. The predicted octanol–water partition coefficient (Wildman–Crippen LogP) is 17.3. The zero-order valence-corrected chi connectivity index (χ0v) is 43.5. The lowest BCUT2D eigenvalue weighted by Crippen LogP contribution is -2.01. The van der Waals surface area contributed by atoms with E-state index in [9.17, 15) is 0 Å². The van der Waals surface area contributed by atoms with Crippen LogP contribution in [0.15, 0.2) is 273 Å². The molecule has 378 valence electrons. The minimum absolute atomic E-state index is 0.799. The maximum absolute atomic E-state index is 5.36. The van der Waals surface area contributed by atoms with Crippen LogP contribution in [0.1, 0.15) is 0 Å². The number of hydrogen-bond acceptors (Lipinski definition) is 6. The Labute approximate surface area is 465 Å². The van der Waals surface area contributed by atoms with Gasteiger partial charge in [-0.2, -0.15) is 0 Å². The third kappa shape index (κ3) is 7.55. The highest BCUT2D eigenvalue weighted by Crippen LogP contribution is 2.46. The van der Waals surface area contributed by atoms with Gasteiger partial charge in [0.1, 0.15) is 17.5 Å². The molecule has 0 aliphatic heterocycles. The van der Waals surface area contributed by atoms with Crippen molar-refractivity contribution in [1.29, 1.82) is 0 Å². The Morgan fingerprint density at radius 1 is 0.222 bits per heavy atom. The SMILES string of the molecule is c1ccc(-c2cccc(-n3c4ccccc4c4cccc(-c5cc(-c6cccc7c8ccccc8n(-c8cccc(-c9ccccn9)n8)c67)cc(-c6cccc7c8ccccc8n(-c8cccc(-c9ccccn9)n8)c67)c5)c43)n2)nc1. The number of fused-ring (bicyclic) bond motifs is 9. The first-order valence-corrected chi connectivity index (χ1v) is 27.1. The molecule has 0 saturated carbocycles. The Morgan fingerprint density at radius 3 is 0.802 bits per heavy atom. The summed E-state index contributed by atoms with van der Waals surface area (Å²) in [4.78, 5) is 30.2. The van der Waals surface area contributed by atoms with Crippen molar-refractivity contribution in [3.8, 4) is 85.0 Å². The van der Waals surface area contributed by atoms with Gasteiger partial charge in [-0.1, -0.05) is 146 Å². The molecule has 0 amide bonds. The minimum Gasteiger partial charge on any atom is -0.293 e. The van der Waals surface area contributed by atoms with Crippen LogP contribution < -0.4 is 0 Å². The zero-order chi connectivity index (χ0) is 53.4. The van der Waals surface area contributed by atoms with Crippen molar-refractivity contribution in [2.75, 3.05) is 0 Å². The van der Waals surface area contributed by atoms with E-state index in [1.807, 2.05) is 91.4 Å². The van der Waals surface area contributed by atoms with Crippen LogP contribution in [0.5, 0.6) is 0 Å². The lowest BCUT2D eigenvalue weighted by Gasteiger charge is -2.17. The smallest absolute Gasteiger partial charge is 0.138 e. The Morgan fingerprint density at radius 2 is 0.494 bits per heavy atom. The van der Waals surface area contributed by atoms with Gasteiger partial charge in [0, 0.05) is 67.6 Å². The molecule has 0 aliphatic carbocycles. The normalized spacial score (nSPS) is 11.7. The van der Waals surface area contributed by atoms with E-state index in [1.165, 1.54) is 0 Å². The number of rotatable bonds is 9. The van der Waals surface area contributed by atoms with E-state index >= 15 is 0 Å². The molecule has 0 aliphatic rings. The van der Waals surface area contributed by atoms with Crippen LogP contribution in [0, 0.1) is 0 Å². The fourth-order valence-corrected chi connectivity index (χ4v) is 12.2. The van der Waals surface area contributed by atoms with E-state index in [-0.39, 0.29) is 0 Å². The summed E-state index contributed by atoms with van der Waals surface area (Å²) in [5.74, 6) is 2.41. The second kappa shape index (κ2) is 18.8. The second-order valence-electron chi connectivity index (χ2n) is 20.2. The average Bonchev–Trinajstić information content (AvgIpc) is 4.32. The Kier molecular flexibility index (Phi) is 10.7.